The summed E-state index contributed by atoms with van der Waals surface area (Å²) in [5.41, 5.74) is 3.20. The molecule has 2 unspecified atom stereocenters. The summed E-state index contributed by atoms with van der Waals surface area (Å²) in [6, 6.07) is 23.9. The van der Waals surface area contributed by atoms with Crippen molar-refractivity contribution in [3.63, 3.8) is 0 Å². The fourth-order valence-corrected chi connectivity index (χ4v) is 6.87. The van der Waals surface area contributed by atoms with Crippen LogP contribution in [-0.4, -0.2) is 48.5 Å². The fraction of sp³-hybridized carbons (Fsp3) is 0.429. The van der Waals surface area contributed by atoms with Crippen molar-refractivity contribution in [2.75, 3.05) is 25.0 Å². The minimum Gasteiger partial charge on any atom is -0.412 e. The van der Waals surface area contributed by atoms with Crippen LogP contribution in [0.5, 0.6) is 0 Å². The number of carbonyl (C=O) groups is 2. The van der Waals surface area contributed by atoms with E-state index in [-0.39, 0.29) is 41.9 Å². The Morgan fingerprint density at radius 2 is 1.67 bits per heavy atom. The first-order chi connectivity index (χ1) is 20.8. The van der Waals surface area contributed by atoms with E-state index in [1.54, 1.807) is 4.90 Å². The molecule has 0 radical (unpaired) electrons. The second kappa shape index (κ2) is 16.5. The van der Waals surface area contributed by atoms with E-state index >= 15 is 0 Å². The second-order valence-corrected chi connectivity index (χ2v) is 12.8. The first-order valence-electron chi connectivity index (χ1n) is 15.5. The second-order valence-electron chi connectivity index (χ2n) is 12.0. The highest BCUT2D eigenvalue weighted by Crippen LogP contribution is 2.45. The highest BCUT2D eigenvalue weighted by molar-refractivity contribution is 6.42. The van der Waals surface area contributed by atoms with Crippen molar-refractivity contribution in [3.8, 4) is 0 Å². The topological polar surface area (TPSA) is 96.2 Å². The monoisotopic (exact) mass is 674 g/mol. The van der Waals surface area contributed by atoms with Gasteiger partial charge in [-0.2, -0.15) is 0 Å². The molecular weight excluding hydrogens is 631 g/mol. The van der Waals surface area contributed by atoms with Crippen molar-refractivity contribution in [2.24, 2.45) is 0 Å². The number of nitrogens with one attached hydrogen (secondary N) is 2. The number of hydrogen-bond donors (Lipinski definition) is 2. The molecule has 244 valence electrons. The lowest BCUT2D eigenvalue weighted by Gasteiger charge is -2.48. The average molecular weight is 676 g/mol. The summed E-state index contributed by atoms with van der Waals surface area (Å²) >= 11 is 12.9. The van der Waals surface area contributed by atoms with Crippen LogP contribution < -0.4 is 15.5 Å². The van der Waals surface area contributed by atoms with Crippen molar-refractivity contribution in [1.82, 2.24) is 15.5 Å². The van der Waals surface area contributed by atoms with E-state index in [0.29, 0.717) is 35.0 Å². The van der Waals surface area contributed by atoms with E-state index in [1.165, 1.54) is 0 Å². The van der Waals surface area contributed by atoms with Crippen molar-refractivity contribution in [1.29, 1.82) is 0 Å². The summed E-state index contributed by atoms with van der Waals surface area (Å²) in [4.78, 5) is 30.6. The third-order valence-electron chi connectivity index (χ3n) is 9.04. The van der Waals surface area contributed by atoms with Gasteiger partial charge in [-0.15, -0.1) is 12.4 Å². The molecule has 0 spiro atoms. The number of amides is 3. The lowest BCUT2D eigenvalue weighted by atomic mass is 9.75. The van der Waals surface area contributed by atoms with E-state index in [1.807, 2.05) is 67.7 Å². The molecule has 0 aromatic heterocycles. The zero-order chi connectivity index (χ0) is 30.4. The zero-order valence-corrected chi connectivity index (χ0v) is 28.4. The molecule has 2 aliphatic rings. The van der Waals surface area contributed by atoms with Crippen molar-refractivity contribution < 1.29 is 15.1 Å². The Morgan fingerprint density at radius 3 is 2.31 bits per heavy atom. The molecule has 1 aliphatic carbocycles. The lowest BCUT2D eigenvalue weighted by molar-refractivity contribution is 0.0793. The van der Waals surface area contributed by atoms with Crippen molar-refractivity contribution in [3.05, 3.63) is 99.5 Å². The summed E-state index contributed by atoms with van der Waals surface area (Å²) < 4.78 is 0. The van der Waals surface area contributed by atoms with Gasteiger partial charge >= 0.3 is 6.03 Å². The van der Waals surface area contributed by atoms with Crippen molar-refractivity contribution >= 4 is 53.2 Å². The van der Waals surface area contributed by atoms with Crippen LogP contribution in [0, 0.1) is 0 Å². The number of halogens is 3. The van der Waals surface area contributed by atoms with Gasteiger partial charge in [0.05, 0.1) is 21.6 Å². The third-order valence-corrected chi connectivity index (χ3v) is 9.77. The predicted octanol–water partition coefficient (Wildman–Crippen LogP) is 7.94. The lowest BCUT2D eigenvalue weighted by Crippen LogP contribution is -2.57. The molecule has 2 fully saturated rings. The molecular formula is C35H45Cl3N4O3. The number of carbonyl (C=O) groups excluding carboxylic acids is 2. The zero-order valence-electron chi connectivity index (χ0n) is 26.0. The smallest absolute Gasteiger partial charge is 0.315 e. The molecule has 2 atom stereocenters. The number of urea groups is 1. The van der Waals surface area contributed by atoms with E-state index in [4.69, 9.17) is 23.2 Å². The molecule has 45 heavy (non-hydrogen) atoms. The van der Waals surface area contributed by atoms with Crippen LogP contribution in [0.4, 0.5) is 10.5 Å². The molecule has 1 saturated heterocycles. The Balaban J connectivity index is 0.00000276. The average Bonchev–Trinajstić information content (AvgIpc) is 3.54. The van der Waals surface area contributed by atoms with Gasteiger partial charge in [0.25, 0.3) is 5.91 Å². The van der Waals surface area contributed by atoms with Crippen LogP contribution in [0.1, 0.15) is 85.8 Å². The first kappa shape index (κ1) is 36.5. The van der Waals surface area contributed by atoms with Crippen LogP contribution in [-0.2, 0) is 5.54 Å². The molecule has 5 rings (SSSR count). The van der Waals surface area contributed by atoms with Gasteiger partial charge in [0.2, 0.25) is 0 Å². The highest BCUT2D eigenvalue weighted by atomic mass is 35.5. The van der Waals surface area contributed by atoms with E-state index in [9.17, 15) is 9.59 Å². The molecule has 1 saturated carbocycles. The molecule has 7 nitrogen and oxygen atoms in total. The Bertz CT molecular complexity index is 1400. The summed E-state index contributed by atoms with van der Waals surface area (Å²) in [5, 5.41) is 7.68. The maximum atomic E-state index is 13.5. The maximum Gasteiger partial charge on any atom is 0.315 e. The Labute approximate surface area is 283 Å². The number of piperidine rings is 1. The number of rotatable bonds is 9. The molecule has 3 amide bonds. The number of nitrogens with zero attached hydrogens (tertiary/aromatic N) is 2. The number of unbranched alkanes of at least 4 members (excludes halogenated alkanes) is 1. The summed E-state index contributed by atoms with van der Waals surface area (Å²) in [6.07, 6.45) is 7.74. The summed E-state index contributed by atoms with van der Waals surface area (Å²) in [5.74, 6) is 0.0280. The molecule has 4 N–H and O–H groups in total. The van der Waals surface area contributed by atoms with Crippen LogP contribution >= 0.6 is 35.6 Å². The summed E-state index contributed by atoms with van der Waals surface area (Å²) in [7, 11) is 1.86. The quantitative estimate of drug-likeness (QED) is 0.241. The molecule has 10 heteroatoms. The van der Waals surface area contributed by atoms with Crippen LogP contribution in [0.2, 0.25) is 10.0 Å². The Hall–Kier alpha value is -2.97. The highest BCUT2D eigenvalue weighted by Gasteiger charge is 2.43. The molecule has 1 heterocycles. The molecule has 3 aromatic carbocycles. The first-order valence-corrected chi connectivity index (χ1v) is 16.3. The standard InChI is InChI=1S/C35H42Cl2N4O2.ClH.H2O/c1-3-4-21-40(2)33(42)25-14-17-29(18-15-25)41-22-20-35(27-10-6-5-7-11-27,39-34(43)38-28-12-8-9-13-28)24-32(41)26-16-19-30(36)31(37)23-26;;/h5-7,10-11,14-19,23,28,32H,3-4,8-9,12-13,20-22,24H2,1-2H3,(H2,38,39,43);1H;1H2. The molecule has 3 aromatic rings. The van der Waals surface area contributed by atoms with E-state index < -0.39 is 5.54 Å². The van der Waals surface area contributed by atoms with Gasteiger partial charge in [0, 0.05) is 37.4 Å². The predicted molar refractivity (Wildman–Crippen MR) is 187 cm³/mol. The van der Waals surface area contributed by atoms with Gasteiger partial charge in [-0.3, -0.25) is 4.79 Å². The fourth-order valence-electron chi connectivity index (χ4n) is 6.56. The van der Waals surface area contributed by atoms with Crippen LogP contribution in [0.15, 0.2) is 72.8 Å². The SMILES string of the molecule is CCCCN(C)C(=O)c1ccc(N2CCC(NC(=O)NC3CCCC3)(c3ccccc3)CC2c2ccc(Cl)c(Cl)c2)cc1.Cl.O. The van der Waals surface area contributed by atoms with E-state index in [0.717, 1.165) is 61.9 Å². The largest absolute Gasteiger partial charge is 0.412 e. The number of benzene rings is 3. The van der Waals surface area contributed by atoms with Gasteiger partial charge in [0.1, 0.15) is 0 Å². The number of anilines is 1. The minimum absolute atomic E-state index is 0. The van der Waals surface area contributed by atoms with Crippen LogP contribution in [0.25, 0.3) is 0 Å². The van der Waals surface area contributed by atoms with Crippen molar-refractivity contribution in [2.45, 2.75) is 75.9 Å². The molecule has 1 aliphatic heterocycles. The molecule has 0 bridgehead atoms. The summed E-state index contributed by atoms with van der Waals surface area (Å²) in [6.45, 7) is 3.55. The Kier molecular flexibility index (Phi) is 13.4. The van der Waals surface area contributed by atoms with Crippen LogP contribution in [0.3, 0.4) is 0 Å². The van der Waals surface area contributed by atoms with Gasteiger partial charge in [-0.05, 0) is 79.6 Å². The third kappa shape index (κ3) is 8.64. The van der Waals surface area contributed by atoms with Gasteiger partial charge in [-0.25, -0.2) is 4.79 Å². The van der Waals surface area contributed by atoms with Gasteiger partial charge < -0.3 is 25.9 Å². The minimum atomic E-state index is -0.588. The normalized spacial score (nSPS) is 19.6. The maximum absolute atomic E-state index is 13.5. The Morgan fingerprint density at radius 1 is 0.978 bits per heavy atom. The number of hydrogen-bond acceptors (Lipinski definition) is 3. The van der Waals surface area contributed by atoms with Gasteiger partial charge in [0.15, 0.2) is 0 Å². The van der Waals surface area contributed by atoms with E-state index in [2.05, 4.69) is 34.6 Å². The van der Waals surface area contributed by atoms with Gasteiger partial charge in [-0.1, -0.05) is 85.8 Å².